The molecule has 2 aromatic carbocycles. The maximum absolute atomic E-state index is 12.5. The third kappa shape index (κ3) is 3.49. The minimum atomic E-state index is -0.241. The van der Waals surface area contributed by atoms with E-state index in [0.717, 1.165) is 33.5 Å². The number of aromatic nitrogens is 2. The number of aromatic hydroxyl groups is 1. The molecule has 2 aromatic heterocycles. The number of hydrogen-bond donors (Lipinski definition) is 3. The number of aromatic amines is 1. The van der Waals surface area contributed by atoms with Crippen molar-refractivity contribution in [2.24, 2.45) is 10.2 Å². The second-order valence-electron chi connectivity index (χ2n) is 6.30. The van der Waals surface area contributed by atoms with Crippen molar-refractivity contribution in [2.45, 2.75) is 13.8 Å². The predicted molar refractivity (Wildman–Crippen MR) is 110 cm³/mol. The molecule has 0 unspecified atom stereocenters. The number of amides is 1. The van der Waals surface area contributed by atoms with Crippen molar-refractivity contribution >= 4 is 44.7 Å². The van der Waals surface area contributed by atoms with Crippen LogP contribution in [0.3, 0.4) is 0 Å². The molecule has 0 aliphatic carbocycles. The van der Waals surface area contributed by atoms with Crippen LogP contribution in [0.2, 0.25) is 0 Å². The fraction of sp³-hybridized carbons (Fsp3) is 0.100. The molecule has 2 heterocycles. The van der Waals surface area contributed by atoms with Gasteiger partial charge in [0.25, 0.3) is 5.91 Å². The van der Waals surface area contributed by atoms with Crippen molar-refractivity contribution in [3.63, 3.8) is 0 Å². The molecular weight excluding hydrogens is 374 g/mol. The molecule has 7 nitrogen and oxygen atoms in total. The third-order valence-electron chi connectivity index (χ3n) is 4.20. The molecule has 28 heavy (non-hydrogen) atoms. The Balaban J connectivity index is 1.57. The Morgan fingerprint density at radius 3 is 2.64 bits per heavy atom. The molecule has 0 aliphatic rings. The number of fused-ring (bicyclic) bond motifs is 1. The van der Waals surface area contributed by atoms with E-state index in [9.17, 15) is 9.90 Å². The molecule has 0 radical (unpaired) electrons. The Morgan fingerprint density at radius 2 is 1.86 bits per heavy atom. The van der Waals surface area contributed by atoms with Crippen LogP contribution in [0.1, 0.15) is 20.9 Å². The number of thiazole rings is 1. The van der Waals surface area contributed by atoms with Gasteiger partial charge < -0.3 is 15.4 Å². The summed E-state index contributed by atoms with van der Waals surface area (Å²) in [7, 11) is 0. The van der Waals surface area contributed by atoms with Crippen LogP contribution >= 0.6 is 11.3 Å². The molecule has 4 rings (SSSR count). The monoisotopic (exact) mass is 391 g/mol. The van der Waals surface area contributed by atoms with E-state index in [2.05, 4.69) is 25.5 Å². The van der Waals surface area contributed by atoms with Crippen LogP contribution in [0.25, 0.3) is 10.9 Å². The molecule has 0 aliphatic heterocycles. The van der Waals surface area contributed by atoms with Crippen molar-refractivity contribution in [1.29, 1.82) is 0 Å². The number of benzene rings is 2. The molecule has 4 aromatic rings. The maximum atomic E-state index is 12.5. The van der Waals surface area contributed by atoms with Crippen molar-refractivity contribution in [3.8, 4) is 5.88 Å². The number of aryl methyl sites for hydroxylation is 2. The van der Waals surface area contributed by atoms with E-state index in [1.165, 1.54) is 0 Å². The lowest BCUT2D eigenvalue weighted by Gasteiger charge is -2.03. The molecule has 0 bridgehead atoms. The summed E-state index contributed by atoms with van der Waals surface area (Å²) in [5.74, 6) is -0.300. The van der Waals surface area contributed by atoms with Gasteiger partial charge in [-0.15, -0.1) is 10.2 Å². The largest absolute Gasteiger partial charge is 0.493 e. The van der Waals surface area contributed by atoms with Gasteiger partial charge in [0.05, 0.1) is 11.2 Å². The Bertz CT molecular complexity index is 1190. The van der Waals surface area contributed by atoms with Crippen LogP contribution in [0.5, 0.6) is 5.88 Å². The number of azo groups is 1. The summed E-state index contributed by atoms with van der Waals surface area (Å²) < 4.78 is 0. The molecule has 140 valence electrons. The first-order chi connectivity index (χ1) is 13.5. The Labute approximate surface area is 164 Å². The highest BCUT2D eigenvalue weighted by Crippen LogP contribution is 2.36. The Hall–Kier alpha value is -3.52. The highest BCUT2D eigenvalue weighted by Gasteiger charge is 2.16. The zero-order valence-electron chi connectivity index (χ0n) is 15.2. The van der Waals surface area contributed by atoms with E-state index >= 15 is 0 Å². The molecule has 8 heteroatoms. The predicted octanol–water partition coefficient (Wildman–Crippen LogP) is 5.61. The lowest BCUT2D eigenvalue weighted by molar-refractivity contribution is 0.103. The molecule has 0 atom stereocenters. The van der Waals surface area contributed by atoms with Gasteiger partial charge in [0.2, 0.25) is 11.0 Å². The number of H-pyrrole nitrogens is 1. The standard InChI is InChI=1S/C20H17N5O2S/c1-11-7-9-13(10-8-11)22-19(27)17-12(2)21-20(28-17)25-24-16-14-5-3-4-6-15(14)23-18(16)26/h3-10,23,26H,1-2H3,(H,22,27). The average molecular weight is 391 g/mol. The summed E-state index contributed by atoms with van der Waals surface area (Å²) in [6.07, 6.45) is 0. The quantitative estimate of drug-likeness (QED) is 0.394. The third-order valence-corrected chi connectivity index (χ3v) is 5.24. The fourth-order valence-corrected chi connectivity index (χ4v) is 3.55. The van der Waals surface area contributed by atoms with Crippen molar-refractivity contribution < 1.29 is 9.90 Å². The summed E-state index contributed by atoms with van der Waals surface area (Å²) in [5, 5.41) is 22.3. The zero-order valence-corrected chi connectivity index (χ0v) is 16.0. The minimum Gasteiger partial charge on any atom is -0.493 e. The van der Waals surface area contributed by atoms with Crippen LogP contribution in [0, 0.1) is 13.8 Å². The van der Waals surface area contributed by atoms with Gasteiger partial charge in [-0.2, -0.15) is 0 Å². The fourth-order valence-electron chi connectivity index (χ4n) is 2.77. The van der Waals surface area contributed by atoms with Crippen LogP contribution in [-0.4, -0.2) is 21.0 Å². The summed E-state index contributed by atoms with van der Waals surface area (Å²) >= 11 is 1.15. The number of anilines is 1. The summed E-state index contributed by atoms with van der Waals surface area (Å²) in [4.78, 5) is 20.2. The lowest BCUT2D eigenvalue weighted by Crippen LogP contribution is -2.11. The van der Waals surface area contributed by atoms with Gasteiger partial charge in [0.15, 0.2) is 5.69 Å². The van der Waals surface area contributed by atoms with Gasteiger partial charge in [0.1, 0.15) is 4.88 Å². The van der Waals surface area contributed by atoms with Gasteiger partial charge in [-0.25, -0.2) is 4.98 Å². The van der Waals surface area contributed by atoms with E-state index in [0.29, 0.717) is 21.4 Å². The number of hydrogen-bond acceptors (Lipinski definition) is 6. The number of carbonyl (C=O) groups excluding carboxylic acids is 1. The molecule has 3 N–H and O–H groups in total. The van der Waals surface area contributed by atoms with E-state index in [1.807, 2.05) is 55.5 Å². The van der Waals surface area contributed by atoms with Gasteiger partial charge in [0, 0.05) is 11.1 Å². The zero-order chi connectivity index (χ0) is 19.7. The summed E-state index contributed by atoms with van der Waals surface area (Å²) in [6, 6.07) is 15.0. The van der Waals surface area contributed by atoms with Crippen LogP contribution < -0.4 is 5.32 Å². The normalized spacial score (nSPS) is 11.4. The van der Waals surface area contributed by atoms with Gasteiger partial charge >= 0.3 is 0 Å². The summed E-state index contributed by atoms with van der Waals surface area (Å²) in [5.41, 5.74) is 3.52. The number of rotatable bonds is 4. The van der Waals surface area contributed by atoms with Gasteiger partial charge in [-0.3, -0.25) is 4.79 Å². The molecule has 0 saturated carbocycles. The second kappa shape index (κ2) is 7.24. The van der Waals surface area contributed by atoms with Crippen LogP contribution in [-0.2, 0) is 0 Å². The number of nitrogens with one attached hydrogen (secondary N) is 2. The molecule has 0 spiro atoms. The first-order valence-corrected chi connectivity index (χ1v) is 9.40. The first-order valence-electron chi connectivity index (χ1n) is 8.58. The van der Waals surface area contributed by atoms with E-state index in [1.54, 1.807) is 6.92 Å². The van der Waals surface area contributed by atoms with Crippen LogP contribution in [0.15, 0.2) is 58.8 Å². The van der Waals surface area contributed by atoms with Crippen molar-refractivity contribution in [1.82, 2.24) is 9.97 Å². The van der Waals surface area contributed by atoms with Crippen molar-refractivity contribution in [2.75, 3.05) is 5.32 Å². The smallest absolute Gasteiger partial charge is 0.267 e. The van der Waals surface area contributed by atoms with Crippen molar-refractivity contribution in [3.05, 3.63) is 64.7 Å². The topological polar surface area (TPSA) is 103 Å². The molecular formula is C20H17N5O2S. The molecule has 0 saturated heterocycles. The SMILES string of the molecule is Cc1ccc(NC(=O)c2sc(N=Nc3c(O)[nH]c4ccccc34)nc2C)cc1. The summed E-state index contributed by atoms with van der Waals surface area (Å²) in [6.45, 7) is 3.74. The molecule has 1 amide bonds. The number of carbonyl (C=O) groups is 1. The minimum absolute atomic E-state index is 0.0597. The van der Waals surface area contributed by atoms with Gasteiger partial charge in [-0.1, -0.05) is 47.2 Å². The van der Waals surface area contributed by atoms with Gasteiger partial charge in [-0.05, 0) is 32.0 Å². The average Bonchev–Trinajstić information content (AvgIpc) is 3.21. The second-order valence-corrected chi connectivity index (χ2v) is 7.28. The first kappa shape index (κ1) is 17.9. The number of para-hydroxylation sites is 1. The Morgan fingerprint density at radius 1 is 1.11 bits per heavy atom. The van der Waals surface area contributed by atoms with E-state index in [-0.39, 0.29) is 11.8 Å². The molecule has 0 fully saturated rings. The highest BCUT2D eigenvalue weighted by atomic mass is 32.1. The van der Waals surface area contributed by atoms with E-state index < -0.39 is 0 Å². The lowest BCUT2D eigenvalue weighted by atomic mass is 10.2. The van der Waals surface area contributed by atoms with Crippen LogP contribution in [0.4, 0.5) is 16.5 Å². The highest BCUT2D eigenvalue weighted by molar-refractivity contribution is 7.17. The Kier molecular flexibility index (Phi) is 4.62. The van der Waals surface area contributed by atoms with E-state index in [4.69, 9.17) is 0 Å². The maximum Gasteiger partial charge on any atom is 0.267 e. The number of nitrogens with zero attached hydrogens (tertiary/aromatic N) is 3.